The zero-order valence-electron chi connectivity index (χ0n) is 14.1. The number of rotatable bonds is 5. The third kappa shape index (κ3) is 3.64. The van der Waals surface area contributed by atoms with Gasteiger partial charge in [0.1, 0.15) is 0 Å². The molecule has 2 heterocycles. The summed E-state index contributed by atoms with van der Waals surface area (Å²) in [6.07, 6.45) is 6.45. The van der Waals surface area contributed by atoms with Gasteiger partial charge in [-0.25, -0.2) is 0 Å². The molecule has 2 aromatic heterocycles. The van der Waals surface area contributed by atoms with Gasteiger partial charge in [-0.3, -0.25) is 4.79 Å². The van der Waals surface area contributed by atoms with Gasteiger partial charge in [-0.05, 0) is 18.8 Å². The molecule has 1 aliphatic carbocycles. The highest BCUT2D eigenvalue weighted by Gasteiger charge is 2.14. The number of aromatic amines is 1. The molecule has 1 fully saturated rings. The van der Waals surface area contributed by atoms with Gasteiger partial charge in [-0.2, -0.15) is 9.50 Å². The molecule has 6 nitrogen and oxygen atoms in total. The lowest BCUT2D eigenvalue weighted by Gasteiger charge is -2.21. The van der Waals surface area contributed by atoms with Gasteiger partial charge in [0.2, 0.25) is 5.78 Å². The molecule has 0 spiro atoms. The molecule has 0 aliphatic heterocycles. The first kappa shape index (κ1) is 16.0. The highest BCUT2D eigenvalue weighted by Crippen LogP contribution is 2.23. The molecule has 0 unspecified atom stereocenters. The minimum atomic E-state index is -0.195. The number of hydrogen-bond acceptors (Lipinski definition) is 4. The largest absolute Gasteiger partial charge is 0.375 e. The monoisotopic (exact) mass is 338 g/mol. The maximum absolute atomic E-state index is 12.3. The second kappa shape index (κ2) is 7.19. The lowest BCUT2D eigenvalue weighted by atomic mass is 9.90. The van der Waals surface area contributed by atoms with E-state index in [1.807, 2.05) is 30.3 Å². The number of fused-ring (bicyclic) bond motifs is 1. The summed E-state index contributed by atoms with van der Waals surface area (Å²) < 4.78 is 7.13. The fourth-order valence-corrected chi connectivity index (χ4v) is 3.41. The van der Waals surface area contributed by atoms with E-state index in [1.165, 1.54) is 42.7 Å². The summed E-state index contributed by atoms with van der Waals surface area (Å²) in [5.41, 5.74) is 1.43. The zero-order valence-corrected chi connectivity index (χ0v) is 14.1. The van der Waals surface area contributed by atoms with Crippen LogP contribution in [0.2, 0.25) is 0 Å². The summed E-state index contributed by atoms with van der Waals surface area (Å²) in [6, 6.07) is 11.2. The Bertz CT molecular complexity index is 895. The summed E-state index contributed by atoms with van der Waals surface area (Å²) in [5.74, 6) is 1.64. The summed E-state index contributed by atoms with van der Waals surface area (Å²) in [4.78, 5) is 19.9. The van der Waals surface area contributed by atoms with Crippen molar-refractivity contribution in [2.75, 3.05) is 6.61 Å². The smallest absolute Gasteiger partial charge is 0.275 e. The predicted molar refractivity (Wildman–Crippen MR) is 95.3 cm³/mol. The predicted octanol–water partition coefficient (Wildman–Crippen LogP) is 3.18. The van der Waals surface area contributed by atoms with Crippen molar-refractivity contribution in [3.05, 3.63) is 52.4 Å². The first-order chi connectivity index (χ1) is 12.3. The average molecular weight is 338 g/mol. The molecule has 1 saturated carbocycles. The van der Waals surface area contributed by atoms with E-state index in [2.05, 4.69) is 15.1 Å². The van der Waals surface area contributed by atoms with Gasteiger partial charge in [0.05, 0.1) is 6.61 Å². The van der Waals surface area contributed by atoms with Gasteiger partial charge in [-0.15, -0.1) is 5.10 Å². The van der Waals surface area contributed by atoms with Gasteiger partial charge in [0, 0.05) is 23.9 Å². The van der Waals surface area contributed by atoms with E-state index in [-0.39, 0.29) is 5.56 Å². The Morgan fingerprint density at radius 2 is 1.96 bits per heavy atom. The second-order valence-electron chi connectivity index (χ2n) is 6.69. The molecule has 0 saturated heterocycles. The Balaban J connectivity index is 1.50. The first-order valence-corrected chi connectivity index (χ1v) is 8.92. The molecule has 3 aromatic rings. The van der Waals surface area contributed by atoms with Gasteiger partial charge < -0.3 is 9.72 Å². The number of aromatic nitrogens is 4. The zero-order chi connectivity index (χ0) is 17.1. The van der Waals surface area contributed by atoms with Crippen LogP contribution >= 0.6 is 0 Å². The minimum absolute atomic E-state index is 0.195. The number of nitrogens with zero attached hydrogens (tertiary/aromatic N) is 3. The van der Waals surface area contributed by atoms with Crippen molar-refractivity contribution in [3.8, 4) is 11.4 Å². The van der Waals surface area contributed by atoms with Crippen molar-refractivity contribution in [2.45, 2.75) is 38.7 Å². The molecule has 0 atom stereocenters. The second-order valence-corrected chi connectivity index (χ2v) is 6.69. The van der Waals surface area contributed by atoms with Crippen LogP contribution in [0, 0.1) is 5.92 Å². The Morgan fingerprint density at radius 3 is 2.76 bits per heavy atom. The van der Waals surface area contributed by atoms with E-state index < -0.39 is 0 Å². The van der Waals surface area contributed by atoms with Crippen LogP contribution in [-0.4, -0.2) is 26.2 Å². The van der Waals surface area contributed by atoms with Crippen molar-refractivity contribution >= 4 is 5.78 Å². The van der Waals surface area contributed by atoms with E-state index in [9.17, 15) is 4.79 Å². The third-order valence-corrected chi connectivity index (χ3v) is 4.75. The molecule has 1 aromatic carbocycles. The van der Waals surface area contributed by atoms with Crippen LogP contribution in [0.25, 0.3) is 17.2 Å². The van der Waals surface area contributed by atoms with Gasteiger partial charge >= 0.3 is 0 Å². The van der Waals surface area contributed by atoms with Crippen molar-refractivity contribution in [2.24, 2.45) is 5.92 Å². The quantitative estimate of drug-likeness (QED) is 0.775. The van der Waals surface area contributed by atoms with Crippen LogP contribution in [0.4, 0.5) is 0 Å². The minimum Gasteiger partial charge on any atom is -0.375 e. The number of ether oxygens (including phenoxy) is 1. The highest BCUT2D eigenvalue weighted by molar-refractivity contribution is 5.56. The van der Waals surface area contributed by atoms with Gasteiger partial charge in [0.25, 0.3) is 5.56 Å². The van der Waals surface area contributed by atoms with Crippen LogP contribution in [0.1, 0.15) is 37.8 Å². The molecular weight excluding hydrogens is 316 g/mol. The van der Waals surface area contributed by atoms with Crippen LogP contribution in [-0.2, 0) is 11.3 Å². The topological polar surface area (TPSA) is 72.3 Å². The Labute approximate surface area is 145 Å². The summed E-state index contributed by atoms with van der Waals surface area (Å²) in [5, 5.41) is 4.30. The standard InChI is InChI=1S/C19H22N4O2/c24-17-11-16(13-25-12-14-7-3-1-4-8-14)20-19-21-18(22-23(17)19)15-9-5-2-6-10-15/h2,5-6,9-11,14H,1,3-4,7-8,12-13H2,(H,20,21,22). The highest BCUT2D eigenvalue weighted by atomic mass is 16.5. The molecular formula is C19H22N4O2. The maximum Gasteiger partial charge on any atom is 0.275 e. The Morgan fingerprint density at radius 1 is 1.16 bits per heavy atom. The van der Waals surface area contributed by atoms with Crippen molar-refractivity contribution < 1.29 is 4.74 Å². The number of H-pyrrole nitrogens is 1. The summed E-state index contributed by atoms with van der Waals surface area (Å²) >= 11 is 0. The van der Waals surface area contributed by atoms with Crippen molar-refractivity contribution in [1.82, 2.24) is 19.6 Å². The molecule has 6 heteroatoms. The number of hydrogen-bond donors (Lipinski definition) is 1. The maximum atomic E-state index is 12.3. The molecule has 130 valence electrons. The lowest BCUT2D eigenvalue weighted by molar-refractivity contribution is 0.0720. The molecule has 4 rings (SSSR count). The Hall–Kier alpha value is -2.47. The fourth-order valence-electron chi connectivity index (χ4n) is 3.41. The summed E-state index contributed by atoms with van der Waals surface area (Å²) in [6.45, 7) is 1.16. The first-order valence-electron chi connectivity index (χ1n) is 8.92. The normalized spacial score (nSPS) is 15.7. The van der Waals surface area contributed by atoms with Crippen molar-refractivity contribution in [3.63, 3.8) is 0 Å². The SMILES string of the molecule is O=c1cc(COCC2CCCCC2)[nH]c2nc(-c3ccccc3)nn12. The van der Waals surface area contributed by atoms with Gasteiger partial charge in [-0.1, -0.05) is 49.6 Å². The molecule has 0 radical (unpaired) electrons. The van der Waals surface area contributed by atoms with Crippen LogP contribution in [0.15, 0.2) is 41.2 Å². The molecule has 0 bridgehead atoms. The van der Waals surface area contributed by atoms with E-state index in [1.54, 1.807) is 0 Å². The number of nitrogens with one attached hydrogen (secondary N) is 1. The molecule has 0 amide bonds. The third-order valence-electron chi connectivity index (χ3n) is 4.75. The molecule has 1 aliphatic rings. The van der Waals surface area contributed by atoms with E-state index in [0.717, 1.165) is 17.9 Å². The molecule has 1 N–H and O–H groups in total. The number of benzene rings is 1. The van der Waals surface area contributed by atoms with Gasteiger partial charge in [0.15, 0.2) is 5.82 Å². The van der Waals surface area contributed by atoms with E-state index in [0.29, 0.717) is 24.1 Å². The van der Waals surface area contributed by atoms with Crippen molar-refractivity contribution in [1.29, 1.82) is 0 Å². The van der Waals surface area contributed by atoms with E-state index >= 15 is 0 Å². The van der Waals surface area contributed by atoms with E-state index in [4.69, 9.17) is 4.74 Å². The average Bonchev–Trinajstić information content (AvgIpc) is 3.08. The fraction of sp³-hybridized carbons (Fsp3) is 0.421. The lowest BCUT2D eigenvalue weighted by Crippen LogP contribution is -2.17. The molecule has 25 heavy (non-hydrogen) atoms. The van der Waals surface area contributed by atoms with Crippen LogP contribution < -0.4 is 5.56 Å². The summed E-state index contributed by atoms with van der Waals surface area (Å²) in [7, 11) is 0. The van der Waals surface area contributed by atoms with Crippen LogP contribution in [0.5, 0.6) is 0 Å². The van der Waals surface area contributed by atoms with Crippen LogP contribution in [0.3, 0.4) is 0 Å². The Kier molecular flexibility index (Phi) is 4.61.